The van der Waals surface area contributed by atoms with Gasteiger partial charge in [0.15, 0.2) is 0 Å². The fraction of sp³-hybridized carbons (Fsp3) is 0.273. The molecule has 2 aromatic carbocycles. The van der Waals surface area contributed by atoms with Gasteiger partial charge in [0.25, 0.3) is 0 Å². The minimum Gasteiger partial charge on any atom is -0.355 e. The second-order valence-corrected chi connectivity index (χ2v) is 7.66. The van der Waals surface area contributed by atoms with Crippen LogP contribution in [0.2, 0.25) is 5.02 Å². The van der Waals surface area contributed by atoms with Crippen LogP contribution in [0.25, 0.3) is 11.4 Å². The summed E-state index contributed by atoms with van der Waals surface area (Å²) in [7, 11) is 0. The molecular weight excluding hydrogens is 404 g/mol. The fourth-order valence-corrected chi connectivity index (χ4v) is 3.52. The number of rotatable bonds is 6. The molecule has 7 nitrogen and oxygen atoms in total. The summed E-state index contributed by atoms with van der Waals surface area (Å²) in [6.07, 6.45) is 0.884. The van der Waals surface area contributed by atoms with Gasteiger partial charge in [-0.25, -0.2) is 0 Å². The SMILES string of the molecule is Cc1ccc(N2CCC(C(=O)NCCc3nc(-c4ccc(Cl)cc4)no3)C2=O)cc1. The zero-order chi connectivity index (χ0) is 21.1. The van der Waals surface area contributed by atoms with E-state index in [1.165, 1.54) is 0 Å². The van der Waals surface area contributed by atoms with Gasteiger partial charge in [0, 0.05) is 35.8 Å². The smallest absolute Gasteiger partial charge is 0.239 e. The third kappa shape index (κ3) is 4.36. The molecule has 1 aliphatic rings. The lowest BCUT2D eigenvalue weighted by molar-refractivity contribution is -0.132. The number of carbonyl (C=O) groups excluding carboxylic acids is 2. The minimum atomic E-state index is -0.668. The zero-order valence-electron chi connectivity index (χ0n) is 16.5. The molecule has 1 N–H and O–H groups in total. The minimum absolute atomic E-state index is 0.167. The number of benzene rings is 2. The number of halogens is 1. The van der Waals surface area contributed by atoms with E-state index in [1.807, 2.05) is 43.3 Å². The van der Waals surface area contributed by atoms with Crippen molar-refractivity contribution in [1.29, 1.82) is 0 Å². The number of aromatic nitrogens is 2. The molecular formula is C22H21ClN4O3. The standard InChI is InChI=1S/C22H21ClN4O3/c1-14-2-8-17(9-3-14)27-13-11-18(22(27)29)21(28)24-12-10-19-25-20(26-30-19)15-4-6-16(23)7-5-15/h2-9,18H,10-13H2,1H3,(H,24,28). The monoisotopic (exact) mass is 424 g/mol. The van der Waals surface area contributed by atoms with Crippen molar-refractivity contribution in [3.63, 3.8) is 0 Å². The van der Waals surface area contributed by atoms with E-state index >= 15 is 0 Å². The number of anilines is 1. The van der Waals surface area contributed by atoms with E-state index < -0.39 is 5.92 Å². The highest BCUT2D eigenvalue weighted by atomic mass is 35.5. The van der Waals surface area contributed by atoms with Crippen LogP contribution in [0.1, 0.15) is 17.9 Å². The van der Waals surface area contributed by atoms with Gasteiger partial charge in [-0.2, -0.15) is 4.98 Å². The molecule has 1 atom stereocenters. The molecule has 1 aromatic heterocycles. The van der Waals surface area contributed by atoms with Crippen molar-refractivity contribution < 1.29 is 14.1 Å². The third-order valence-corrected chi connectivity index (χ3v) is 5.33. The maximum atomic E-state index is 12.7. The quantitative estimate of drug-likeness (QED) is 0.612. The van der Waals surface area contributed by atoms with Crippen molar-refractivity contribution in [3.05, 3.63) is 65.0 Å². The summed E-state index contributed by atoms with van der Waals surface area (Å²) >= 11 is 5.89. The number of hydrogen-bond acceptors (Lipinski definition) is 5. The molecule has 1 aliphatic heterocycles. The van der Waals surface area contributed by atoms with Crippen molar-refractivity contribution in [2.45, 2.75) is 19.8 Å². The summed E-state index contributed by atoms with van der Waals surface area (Å²) in [6, 6.07) is 14.9. The first-order chi connectivity index (χ1) is 14.5. The van der Waals surface area contributed by atoms with Gasteiger partial charge in [-0.15, -0.1) is 0 Å². The van der Waals surface area contributed by atoms with E-state index in [-0.39, 0.29) is 11.8 Å². The van der Waals surface area contributed by atoms with E-state index in [9.17, 15) is 9.59 Å². The van der Waals surface area contributed by atoms with Crippen LogP contribution in [0.5, 0.6) is 0 Å². The summed E-state index contributed by atoms with van der Waals surface area (Å²) in [5.74, 6) is -0.225. The second-order valence-electron chi connectivity index (χ2n) is 7.23. The molecule has 0 radical (unpaired) electrons. The van der Waals surface area contributed by atoms with Gasteiger partial charge in [0.2, 0.25) is 23.5 Å². The largest absolute Gasteiger partial charge is 0.355 e. The van der Waals surface area contributed by atoms with Gasteiger partial charge in [0.1, 0.15) is 5.92 Å². The molecule has 0 spiro atoms. The van der Waals surface area contributed by atoms with Crippen molar-refractivity contribution in [3.8, 4) is 11.4 Å². The lowest BCUT2D eigenvalue weighted by atomic mass is 10.1. The van der Waals surface area contributed by atoms with Gasteiger partial charge < -0.3 is 14.7 Å². The molecule has 2 amide bonds. The lowest BCUT2D eigenvalue weighted by Gasteiger charge is -2.17. The van der Waals surface area contributed by atoms with Crippen LogP contribution >= 0.6 is 11.6 Å². The Bertz CT molecular complexity index is 1050. The van der Waals surface area contributed by atoms with Crippen LogP contribution in [0, 0.1) is 12.8 Å². The average Bonchev–Trinajstić information content (AvgIpc) is 3.36. The Balaban J connectivity index is 1.29. The number of aryl methyl sites for hydroxylation is 1. The van der Waals surface area contributed by atoms with Gasteiger partial charge >= 0.3 is 0 Å². The highest BCUT2D eigenvalue weighted by Crippen LogP contribution is 2.25. The molecule has 1 saturated heterocycles. The topological polar surface area (TPSA) is 88.3 Å². The summed E-state index contributed by atoms with van der Waals surface area (Å²) in [6.45, 7) is 2.84. The van der Waals surface area contributed by atoms with Crippen LogP contribution < -0.4 is 10.2 Å². The highest BCUT2D eigenvalue weighted by Gasteiger charge is 2.37. The zero-order valence-corrected chi connectivity index (χ0v) is 17.2. The molecule has 2 heterocycles. The summed E-state index contributed by atoms with van der Waals surface area (Å²) < 4.78 is 5.24. The van der Waals surface area contributed by atoms with Gasteiger partial charge in [-0.05, 0) is 49.7 Å². The fourth-order valence-electron chi connectivity index (χ4n) is 3.39. The average molecular weight is 425 g/mol. The van der Waals surface area contributed by atoms with Crippen LogP contribution in [-0.4, -0.2) is 35.0 Å². The van der Waals surface area contributed by atoms with Crippen molar-refractivity contribution >= 4 is 29.1 Å². The number of hydrogen-bond donors (Lipinski definition) is 1. The maximum Gasteiger partial charge on any atom is 0.239 e. The van der Waals surface area contributed by atoms with E-state index in [1.54, 1.807) is 17.0 Å². The molecule has 30 heavy (non-hydrogen) atoms. The molecule has 8 heteroatoms. The predicted octanol–water partition coefficient (Wildman–Crippen LogP) is 3.41. The van der Waals surface area contributed by atoms with Gasteiger partial charge in [-0.1, -0.05) is 34.5 Å². The van der Waals surface area contributed by atoms with Gasteiger partial charge in [-0.3, -0.25) is 9.59 Å². The summed E-state index contributed by atoms with van der Waals surface area (Å²) in [5, 5.41) is 7.39. The highest BCUT2D eigenvalue weighted by molar-refractivity contribution is 6.30. The number of amides is 2. The molecule has 0 aliphatic carbocycles. The molecule has 0 saturated carbocycles. The summed E-state index contributed by atoms with van der Waals surface area (Å²) in [5.41, 5.74) is 2.74. The van der Waals surface area contributed by atoms with Crippen LogP contribution in [0.15, 0.2) is 53.1 Å². The normalized spacial score (nSPS) is 16.1. The van der Waals surface area contributed by atoms with Gasteiger partial charge in [0.05, 0.1) is 0 Å². The van der Waals surface area contributed by atoms with Crippen LogP contribution in [0.3, 0.4) is 0 Å². The first-order valence-corrected chi connectivity index (χ1v) is 10.1. The second kappa shape index (κ2) is 8.67. The van der Waals surface area contributed by atoms with Crippen LogP contribution in [-0.2, 0) is 16.0 Å². The van der Waals surface area contributed by atoms with E-state index in [0.29, 0.717) is 42.7 Å². The first-order valence-electron chi connectivity index (χ1n) is 9.75. The van der Waals surface area contributed by atoms with Crippen molar-refractivity contribution in [2.75, 3.05) is 18.0 Å². The molecule has 154 valence electrons. The molecule has 1 unspecified atom stereocenters. The Morgan fingerprint density at radius 2 is 1.93 bits per heavy atom. The van der Waals surface area contributed by atoms with Crippen LogP contribution in [0.4, 0.5) is 5.69 Å². The number of carbonyl (C=O) groups is 2. The Kier molecular flexibility index (Phi) is 5.81. The van der Waals surface area contributed by atoms with E-state index in [0.717, 1.165) is 16.8 Å². The molecule has 0 bridgehead atoms. The maximum absolute atomic E-state index is 12.7. The van der Waals surface area contributed by atoms with Crippen molar-refractivity contribution in [2.24, 2.45) is 5.92 Å². The Morgan fingerprint density at radius 1 is 1.20 bits per heavy atom. The Hall–Kier alpha value is -3.19. The van der Waals surface area contributed by atoms with Crippen molar-refractivity contribution in [1.82, 2.24) is 15.5 Å². The molecule has 3 aromatic rings. The molecule has 4 rings (SSSR count). The Morgan fingerprint density at radius 3 is 2.67 bits per heavy atom. The number of nitrogens with one attached hydrogen (secondary N) is 1. The lowest BCUT2D eigenvalue weighted by Crippen LogP contribution is -2.37. The van der Waals surface area contributed by atoms with E-state index in [2.05, 4.69) is 15.5 Å². The summed E-state index contributed by atoms with van der Waals surface area (Å²) in [4.78, 5) is 31.2. The first kappa shape index (κ1) is 20.1. The third-order valence-electron chi connectivity index (χ3n) is 5.08. The van der Waals surface area contributed by atoms with E-state index in [4.69, 9.17) is 16.1 Å². The molecule has 1 fully saturated rings. The Labute approximate surface area is 179 Å². The number of nitrogens with zero attached hydrogens (tertiary/aromatic N) is 3. The predicted molar refractivity (Wildman–Crippen MR) is 113 cm³/mol.